The molecule has 0 bridgehead atoms. The fourth-order valence-corrected chi connectivity index (χ4v) is 2.42. The smallest absolute Gasteiger partial charge is 0.124 e. The number of benzene rings is 1. The van der Waals surface area contributed by atoms with Crippen LogP contribution in [-0.4, -0.2) is 18.6 Å². The second kappa shape index (κ2) is 7.79. The van der Waals surface area contributed by atoms with Crippen molar-refractivity contribution < 1.29 is 4.74 Å². The van der Waals surface area contributed by atoms with E-state index in [0.717, 1.165) is 24.3 Å². The molecule has 1 unspecified atom stereocenters. The quantitative estimate of drug-likeness (QED) is 0.844. The summed E-state index contributed by atoms with van der Waals surface area (Å²) in [5, 5.41) is 3.37. The van der Waals surface area contributed by atoms with Crippen molar-refractivity contribution >= 4 is 0 Å². The predicted octanol–water partition coefficient (Wildman–Crippen LogP) is 3.55. The molecule has 2 rings (SSSR count). The lowest BCUT2D eigenvalue weighted by Gasteiger charge is -2.19. The van der Waals surface area contributed by atoms with Crippen LogP contribution in [0.3, 0.4) is 0 Å². The van der Waals surface area contributed by atoms with E-state index in [1.807, 2.05) is 32.3 Å². The van der Waals surface area contributed by atoms with Gasteiger partial charge in [-0.3, -0.25) is 4.98 Å². The average Bonchev–Trinajstić information content (AvgIpc) is 2.54. The van der Waals surface area contributed by atoms with E-state index in [0.29, 0.717) is 6.61 Å². The van der Waals surface area contributed by atoms with Crippen LogP contribution in [0, 0.1) is 0 Å². The van der Waals surface area contributed by atoms with Gasteiger partial charge in [-0.25, -0.2) is 0 Å². The van der Waals surface area contributed by atoms with Gasteiger partial charge in [-0.2, -0.15) is 0 Å². The van der Waals surface area contributed by atoms with E-state index in [2.05, 4.69) is 41.5 Å². The first-order chi connectivity index (χ1) is 10.3. The molecule has 3 heteroatoms. The summed E-state index contributed by atoms with van der Waals surface area (Å²) in [7, 11) is 1.98. The van der Waals surface area contributed by atoms with Gasteiger partial charge in [-0.1, -0.05) is 31.2 Å². The zero-order chi connectivity index (χ0) is 15.1. The van der Waals surface area contributed by atoms with Crippen LogP contribution in [0.15, 0.2) is 42.6 Å². The Kier molecular flexibility index (Phi) is 5.76. The number of nitrogens with one attached hydrogen (secondary N) is 1. The van der Waals surface area contributed by atoms with E-state index in [1.165, 1.54) is 11.1 Å². The van der Waals surface area contributed by atoms with Crippen LogP contribution in [-0.2, 0) is 12.8 Å². The molecule has 112 valence electrons. The van der Waals surface area contributed by atoms with Crippen molar-refractivity contribution in [2.75, 3.05) is 13.7 Å². The Morgan fingerprint density at radius 3 is 2.57 bits per heavy atom. The number of para-hydroxylation sites is 1. The zero-order valence-corrected chi connectivity index (χ0v) is 13.1. The van der Waals surface area contributed by atoms with Gasteiger partial charge in [0, 0.05) is 29.9 Å². The first-order valence-corrected chi connectivity index (χ1v) is 7.61. The molecule has 0 spiro atoms. The SMILES string of the molecule is CCOc1ccccc1C(Cc1ccc(CC)cn1)NC. The van der Waals surface area contributed by atoms with Crippen molar-refractivity contribution in [1.29, 1.82) is 0 Å². The first-order valence-electron chi connectivity index (χ1n) is 7.61. The fourth-order valence-electron chi connectivity index (χ4n) is 2.42. The monoisotopic (exact) mass is 284 g/mol. The third kappa shape index (κ3) is 4.05. The average molecular weight is 284 g/mol. The molecule has 1 aromatic heterocycles. The Hall–Kier alpha value is -1.87. The lowest BCUT2D eigenvalue weighted by molar-refractivity contribution is 0.332. The third-order valence-electron chi connectivity index (χ3n) is 3.65. The van der Waals surface area contributed by atoms with E-state index >= 15 is 0 Å². The molecule has 2 aromatic rings. The Morgan fingerprint density at radius 1 is 1.14 bits per heavy atom. The number of likely N-dealkylation sites (N-methyl/N-ethyl adjacent to an activating group) is 1. The zero-order valence-electron chi connectivity index (χ0n) is 13.1. The Bertz CT molecular complexity index is 551. The minimum atomic E-state index is 0.202. The number of aromatic nitrogens is 1. The molecule has 0 aliphatic rings. The van der Waals surface area contributed by atoms with Crippen LogP contribution in [0.1, 0.15) is 36.7 Å². The van der Waals surface area contributed by atoms with Gasteiger partial charge in [-0.15, -0.1) is 0 Å². The van der Waals surface area contributed by atoms with E-state index in [4.69, 9.17) is 4.74 Å². The summed E-state index contributed by atoms with van der Waals surface area (Å²) in [6.07, 6.45) is 3.84. The lowest BCUT2D eigenvalue weighted by Crippen LogP contribution is -2.20. The molecule has 0 saturated carbocycles. The molecule has 1 aromatic carbocycles. The van der Waals surface area contributed by atoms with E-state index in [-0.39, 0.29) is 6.04 Å². The van der Waals surface area contributed by atoms with Crippen molar-refractivity contribution in [3.05, 3.63) is 59.4 Å². The molecule has 0 fully saturated rings. The molecule has 0 radical (unpaired) electrons. The molecular formula is C18H24N2O. The molecule has 0 aliphatic carbocycles. The maximum absolute atomic E-state index is 5.73. The van der Waals surface area contributed by atoms with Crippen LogP contribution in [0.4, 0.5) is 0 Å². The van der Waals surface area contributed by atoms with Crippen LogP contribution in [0.25, 0.3) is 0 Å². The number of nitrogens with zero attached hydrogens (tertiary/aromatic N) is 1. The van der Waals surface area contributed by atoms with Crippen molar-refractivity contribution in [3.8, 4) is 5.75 Å². The second-order valence-electron chi connectivity index (χ2n) is 5.03. The first kappa shape index (κ1) is 15.5. The lowest BCUT2D eigenvalue weighted by atomic mass is 10.0. The van der Waals surface area contributed by atoms with Crippen molar-refractivity contribution in [2.24, 2.45) is 0 Å². The highest BCUT2D eigenvalue weighted by Crippen LogP contribution is 2.27. The standard InChI is InChI=1S/C18H24N2O/c1-4-14-10-11-15(20-13-14)12-17(19-3)16-8-6-7-9-18(16)21-5-2/h6-11,13,17,19H,4-5,12H2,1-3H3. The normalized spacial score (nSPS) is 12.1. The maximum Gasteiger partial charge on any atom is 0.124 e. The summed E-state index contributed by atoms with van der Waals surface area (Å²) in [5.41, 5.74) is 3.55. The van der Waals surface area contributed by atoms with Crippen LogP contribution in [0.5, 0.6) is 5.75 Å². The highest BCUT2D eigenvalue weighted by Gasteiger charge is 2.15. The van der Waals surface area contributed by atoms with Gasteiger partial charge < -0.3 is 10.1 Å². The van der Waals surface area contributed by atoms with Crippen LogP contribution in [0.2, 0.25) is 0 Å². The predicted molar refractivity (Wildman–Crippen MR) is 86.7 cm³/mol. The molecule has 1 atom stereocenters. The number of pyridine rings is 1. The summed E-state index contributed by atoms with van der Waals surface area (Å²) >= 11 is 0. The van der Waals surface area contributed by atoms with E-state index in [9.17, 15) is 0 Å². The number of ether oxygens (including phenoxy) is 1. The van der Waals surface area contributed by atoms with Gasteiger partial charge in [0.15, 0.2) is 0 Å². The van der Waals surface area contributed by atoms with Crippen LogP contribution < -0.4 is 10.1 Å². The summed E-state index contributed by atoms with van der Waals surface area (Å²) in [5.74, 6) is 0.949. The molecule has 3 nitrogen and oxygen atoms in total. The minimum absolute atomic E-state index is 0.202. The Balaban J connectivity index is 2.19. The largest absolute Gasteiger partial charge is 0.494 e. The molecule has 0 aliphatic heterocycles. The van der Waals surface area contributed by atoms with Crippen molar-refractivity contribution in [3.63, 3.8) is 0 Å². The number of aryl methyl sites for hydroxylation is 1. The summed E-state index contributed by atoms with van der Waals surface area (Å²) < 4.78 is 5.73. The van der Waals surface area contributed by atoms with Gasteiger partial charge in [0.1, 0.15) is 5.75 Å². The molecule has 0 amide bonds. The number of hydrogen-bond acceptors (Lipinski definition) is 3. The van der Waals surface area contributed by atoms with E-state index in [1.54, 1.807) is 0 Å². The molecule has 0 saturated heterocycles. The van der Waals surface area contributed by atoms with Crippen molar-refractivity contribution in [2.45, 2.75) is 32.7 Å². The Labute approximate surface area is 127 Å². The summed E-state index contributed by atoms with van der Waals surface area (Å²) in [6, 6.07) is 12.7. The molecule has 1 heterocycles. The Morgan fingerprint density at radius 2 is 1.95 bits per heavy atom. The molecule has 1 N–H and O–H groups in total. The van der Waals surface area contributed by atoms with Gasteiger partial charge in [0.25, 0.3) is 0 Å². The molecular weight excluding hydrogens is 260 g/mol. The summed E-state index contributed by atoms with van der Waals surface area (Å²) in [6.45, 7) is 4.83. The van der Waals surface area contributed by atoms with Gasteiger partial charge in [0.05, 0.1) is 6.61 Å². The van der Waals surface area contributed by atoms with E-state index < -0.39 is 0 Å². The highest BCUT2D eigenvalue weighted by molar-refractivity contribution is 5.36. The molecule has 21 heavy (non-hydrogen) atoms. The fraction of sp³-hybridized carbons (Fsp3) is 0.389. The third-order valence-corrected chi connectivity index (χ3v) is 3.65. The minimum Gasteiger partial charge on any atom is -0.494 e. The van der Waals surface area contributed by atoms with Gasteiger partial charge in [-0.05, 0) is 38.1 Å². The van der Waals surface area contributed by atoms with Crippen molar-refractivity contribution in [1.82, 2.24) is 10.3 Å². The van der Waals surface area contributed by atoms with Gasteiger partial charge in [0.2, 0.25) is 0 Å². The van der Waals surface area contributed by atoms with Gasteiger partial charge >= 0.3 is 0 Å². The number of hydrogen-bond donors (Lipinski definition) is 1. The maximum atomic E-state index is 5.73. The topological polar surface area (TPSA) is 34.1 Å². The number of rotatable bonds is 7. The summed E-state index contributed by atoms with van der Waals surface area (Å²) in [4.78, 5) is 4.56. The second-order valence-corrected chi connectivity index (χ2v) is 5.03. The van der Waals surface area contributed by atoms with Crippen LogP contribution >= 0.6 is 0 Å². The highest BCUT2D eigenvalue weighted by atomic mass is 16.5.